The van der Waals surface area contributed by atoms with E-state index in [1.165, 1.54) is 0 Å². The average Bonchev–Trinajstić information content (AvgIpc) is 2.88. The first-order chi connectivity index (χ1) is 11.3. The Kier molecular flexibility index (Phi) is 4.20. The van der Waals surface area contributed by atoms with Crippen LogP contribution in [-0.4, -0.2) is 17.4 Å². The molecule has 1 aliphatic carbocycles. The predicted octanol–water partition coefficient (Wildman–Crippen LogP) is 4.46. The maximum absolute atomic E-state index is 12.9. The van der Waals surface area contributed by atoms with E-state index in [0.29, 0.717) is 19.3 Å². The lowest BCUT2D eigenvalue weighted by Crippen LogP contribution is -2.42. The minimum Gasteiger partial charge on any atom is -0.459 e. The van der Waals surface area contributed by atoms with Crippen molar-refractivity contribution in [3.63, 3.8) is 0 Å². The normalized spacial score (nSPS) is 21.2. The van der Waals surface area contributed by atoms with Crippen molar-refractivity contribution in [2.75, 3.05) is 0 Å². The van der Waals surface area contributed by atoms with Crippen molar-refractivity contribution >= 4 is 22.5 Å². The Morgan fingerprint density at radius 1 is 1.12 bits per heavy atom. The summed E-state index contributed by atoms with van der Waals surface area (Å²) in [6.45, 7) is 5.53. The number of rotatable bonds is 3. The zero-order valence-electron chi connectivity index (χ0n) is 14.6. The third-order valence-corrected chi connectivity index (χ3v) is 4.70. The van der Waals surface area contributed by atoms with E-state index in [9.17, 15) is 9.59 Å². The summed E-state index contributed by atoms with van der Waals surface area (Å²) in [6, 6.07) is 14.1. The van der Waals surface area contributed by atoms with Crippen LogP contribution in [0.15, 0.2) is 42.5 Å². The minimum absolute atomic E-state index is 0.0182. The molecule has 1 unspecified atom stereocenters. The summed E-state index contributed by atoms with van der Waals surface area (Å²) in [4.78, 5) is 25.6. The number of benzene rings is 2. The van der Waals surface area contributed by atoms with E-state index in [2.05, 4.69) is 12.1 Å². The molecular weight excluding hydrogens is 300 g/mol. The van der Waals surface area contributed by atoms with Crippen molar-refractivity contribution in [1.82, 2.24) is 0 Å². The number of carbonyl (C=O) groups is 2. The molecule has 3 heteroatoms. The van der Waals surface area contributed by atoms with Gasteiger partial charge in [-0.3, -0.25) is 9.59 Å². The SMILES string of the molecule is CC(C)(C)OC(=O)C1(Cc2cccc3ccccc23)CCCC1=O. The Hall–Kier alpha value is -2.16. The van der Waals surface area contributed by atoms with Gasteiger partial charge in [-0.15, -0.1) is 0 Å². The van der Waals surface area contributed by atoms with Crippen molar-refractivity contribution in [3.8, 4) is 0 Å². The topological polar surface area (TPSA) is 43.4 Å². The Labute approximate surface area is 143 Å². The molecule has 1 fully saturated rings. The largest absolute Gasteiger partial charge is 0.459 e. The number of hydrogen-bond donors (Lipinski definition) is 0. The van der Waals surface area contributed by atoms with Gasteiger partial charge in [0.2, 0.25) is 0 Å². The van der Waals surface area contributed by atoms with E-state index in [1.807, 2.05) is 51.1 Å². The van der Waals surface area contributed by atoms with E-state index >= 15 is 0 Å². The lowest BCUT2D eigenvalue weighted by Gasteiger charge is -2.30. The maximum atomic E-state index is 12.9. The smallest absolute Gasteiger partial charge is 0.320 e. The van der Waals surface area contributed by atoms with Crippen molar-refractivity contribution < 1.29 is 14.3 Å². The molecule has 2 aromatic rings. The van der Waals surface area contributed by atoms with E-state index in [-0.39, 0.29) is 11.8 Å². The second-order valence-corrected chi connectivity index (χ2v) is 7.68. The summed E-state index contributed by atoms with van der Waals surface area (Å²) in [7, 11) is 0. The van der Waals surface area contributed by atoms with Crippen LogP contribution in [0.25, 0.3) is 10.8 Å². The van der Waals surface area contributed by atoms with E-state index in [4.69, 9.17) is 4.74 Å². The number of carbonyl (C=O) groups excluding carboxylic acids is 2. The highest BCUT2D eigenvalue weighted by molar-refractivity contribution is 6.06. The predicted molar refractivity (Wildman–Crippen MR) is 94.8 cm³/mol. The molecule has 0 aromatic heterocycles. The summed E-state index contributed by atoms with van der Waals surface area (Å²) < 4.78 is 5.62. The van der Waals surface area contributed by atoms with Gasteiger partial charge < -0.3 is 4.74 Å². The minimum atomic E-state index is -1.03. The Morgan fingerprint density at radius 3 is 2.50 bits per heavy atom. The zero-order chi connectivity index (χ0) is 17.4. The molecule has 1 aliphatic rings. The highest BCUT2D eigenvalue weighted by Crippen LogP contribution is 2.41. The Bertz CT molecular complexity index is 780. The van der Waals surface area contributed by atoms with Crippen molar-refractivity contribution in [2.45, 2.75) is 52.1 Å². The molecule has 0 saturated heterocycles. The molecule has 126 valence electrons. The molecular formula is C21H24O3. The number of fused-ring (bicyclic) bond motifs is 1. The van der Waals surface area contributed by atoms with Crippen LogP contribution in [-0.2, 0) is 20.7 Å². The highest BCUT2D eigenvalue weighted by atomic mass is 16.6. The van der Waals surface area contributed by atoms with E-state index in [1.54, 1.807) is 0 Å². The standard InChI is InChI=1S/C21H24O3/c1-20(2,3)24-19(23)21(13-7-12-18(21)22)14-16-10-6-9-15-8-4-5-11-17(15)16/h4-6,8-11H,7,12-14H2,1-3H3. The van der Waals surface area contributed by atoms with Gasteiger partial charge in [-0.05, 0) is 56.4 Å². The van der Waals surface area contributed by atoms with E-state index in [0.717, 1.165) is 22.8 Å². The van der Waals surface area contributed by atoms with E-state index < -0.39 is 11.0 Å². The summed E-state index contributed by atoms with van der Waals surface area (Å²) in [5.74, 6) is -0.352. The molecule has 3 rings (SSSR count). The molecule has 0 amide bonds. The monoisotopic (exact) mass is 324 g/mol. The number of ether oxygens (including phenoxy) is 1. The number of hydrogen-bond acceptors (Lipinski definition) is 3. The third-order valence-electron chi connectivity index (χ3n) is 4.70. The Morgan fingerprint density at radius 2 is 1.83 bits per heavy atom. The van der Waals surface area contributed by atoms with Crippen LogP contribution in [0, 0.1) is 5.41 Å². The summed E-state index contributed by atoms with van der Waals surface area (Å²) in [5.41, 5.74) is -0.586. The fraction of sp³-hybridized carbons (Fsp3) is 0.429. The molecule has 0 bridgehead atoms. The molecule has 0 aliphatic heterocycles. The molecule has 0 N–H and O–H groups in total. The van der Waals surface area contributed by atoms with Gasteiger partial charge in [-0.1, -0.05) is 42.5 Å². The molecule has 0 heterocycles. The molecule has 1 atom stereocenters. The number of Topliss-reactive ketones (excluding diaryl/α,β-unsaturated/α-hetero) is 1. The van der Waals surface area contributed by atoms with Crippen LogP contribution < -0.4 is 0 Å². The number of esters is 1. The third kappa shape index (κ3) is 3.08. The fourth-order valence-electron chi connectivity index (χ4n) is 3.55. The Balaban J connectivity index is 2.01. The quantitative estimate of drug-likeness (QED) is 0.618. The van der Waals surface area contributed by atoms with Crippen LogP contribution in [0.1, 0.15) is 45.6 Å². The molecule has 1 saturated carbocycles. The van der Waals surface area contributed by atoms with Crippen LogP contribution in [0.3, 0.4) is 0 Å². The first-order valence-electron chi connectivity index (χ1n) is 8.55. The van der Waals surface area contributed by atoms with Gasteiger partial charge in [-0.25, -0.2) is 0 Å². The van der Waals surface area contributed by atoms with Crippen LogP contribution in [0.2, 0.25) is 0 Å². The first kappa shape index (κ1) is 16.7. The second kappa shape index (κ2) is 6.04. The van der Waals surface area contributed by atoms with Gasteiger partial charge >= 0.3 is 5.97 Å². The van der Waals surface area contributed by atoms with Crippen molar-refractivity contribution in [2.24, 2.45) is 5.41 Å². The van der Waals surface area contributed by atoms with Crippen LogP contribution in [0.4, 0.5) is 0 Å². The van der Waals surface area contributed by atoms with Gasteiger partial charge in [0.05, 0.1) is 0 Å². The molecule has 2 aromatic carbocycles. The number of ketones is 1. The highest BCUT2D eigenvalue weighted by Gasteiger charge is 2.50. The zero-order valence-corrected chi connectivity index (χ0v) is 14.6. The molecule has 0 spiro atoms. The maximum Gasteiger partial charge on any atom is 0.320 e. The first-order valence-corrected chi connectivity index (χ1v) is 8.55. The van der Waals surface area contributed by atoms with Gasteiger partial charge in [0, 0.05) is 6.42 Å². The van der Waals surface area contributed by atoms with Gasteiger partial charge in [0.25, 0.3) is 0 Å². The molecule has 3 nitrogen and oxygen atoms in total. The summed E-state index contributed by atoms with van der Waals surface area (Å²) in [6.07, 6.45) is 2.21. The van der Waals surface area contributed by atoms with Crippen molar-refractivity contribution in [3.05, 3.63) is 48.0 Å². The second-order valence-electron chi connectivity index (χ2n) is 7.68. The fourth-order valence-corrected chi connectivity index (χ4v) is 3.55. The summed E-state index contributed by atoms with van der Waals surface area (Å²) >= 11 is 0. The lowest BCUT2D eigenvalue weighted by molar-refractivity contribution is -0.169. The molecule has 0 radical (unpaired) electrons. The molecule has 24 heavy (non-hydrogen) atoms. The summed E-state index contributed by atoms with van der Waals surface area (Å²) in [5, 5.41) is 2.22. The average molecular weight is 324 g/mol. The van der Waals surface area contributed by atoms with Gasteiger partial charge in [0.1, 0.15) is 11.0 Å². The van der Waals surface area contributed by atoms with Gasteiger partial charge in [0.15, 0.2) is 5.78 Å². The van der Waals surface area contributed by atoms with Crippen molar-refractivity contribution in [1.29, 1.82) is 0 Å². The van der Waals surface area contributed by atoms with Crippen LogP contribution in [0.5, 0.6) is 0 Å². The van der Waals surface area contributed by atoms with Crippen LogP contribution >= 0.6 is 0 Å². The lowest BCUT2D eigenvalue weighted by atomic mass is 9.78. The van der Waals surface area contributed by atoms with Gasteiger partial charge in [-0.2, -0.15) is 0 Å².